The van der Waals surface area contributed by atoms with Crippen molar-refractivity contribution >= 4 is 32.8 Å². The number of carbonyl (C=O) groups is 1. The van der Waals surface area contributed by atoms with E-state index < -0.39 is 5.92 Å². The summed E-state index contributed by atoms with van der Waals surface area (Å²) in [6.07, 6.45) is 0. The fraction of sp³-hybridized carbons (Fsp3) is 0.0870. The molecule has 0 bridgehead atoms. The van der Waals surface area contributed by atoms with Crippen molar-refractivity contribution in [1.29, 1.82) is 0 Å². The molecule has 3 nitrogen and oxygen atoms in total. The van der Waals surface area contributed by atoms with E-state index in [0.717, 1.165) is 37.8 Å². The molecule has 4 heteroatoms. The van der Waals surface area contributed by atoms with Crippen LogP contribution in [0.3, 0.4) is 0 Å². The van der Waals surface area contributed by atoms with Crippen LogP contribution in [0.25, 0.3) is 22.2 Å². The number of aromatic amines is 1. The van der Waals surface area contributed by atoms with Crippen LogP contribution in [0, 0.1) is 0 Å². The maximum atomic E-state index is 12.8. The second-order valence-electron chi connectivity index (χ2n) is 6.33. The minimum atomic E-state index is -0.508. The molecule has 0 aliphatic heterocycles. The van der Waals surface area contributed by atoms with Gasteiger partial charge >= 0.3 is 5.97 Å². The molecule has 27 heavy (non-hydrogen) atoms. The van der Waals surface area contributed by atoms with E-state index in [0.29, 0.717) is 0 Å². The van der Waals surface area contributed by atoms with Crippen LogP contribution in [0.15, 0.2) is 83.3 Å². The van der Waals surface area contributed by atoms with Gasteiger partial charge in [0.25, 0.3) is 0 Å². The summed E-state index contributed by atoms with van der Waals surface area (Å²) in [5.41, 5.74) is 4.80. The van der Waals surface area contributed by atoms with Crippen LogP contribution in [0.5, 0.6) is 0 Å². The number of hydrogen-bond acceptors (Lipinski definition) is 2. The van der Waals surface area contributed by atoms with Crippen LogP contribution in [-0.2, 0) is 9.53 Å². The molecule has 0 saturated carbocycles. The lowest BCUT2D eigenvalue weighted by molar-refractivity contribution is -0.141. The Morgan fingerprint density at radius 3 is 2.30 bits per heavy atom. The number of aromatic nitrogens is 1. The van der Waals surface area contributed by atoms with Gasteiger partial charge in [-0.2, -0.15) is 0 Å². The van der Waals surface area contributed by atoms with Crippen molar-refractivity contribution in [2.75, 3.05) is 7.11 Å². The first-order valence-electron chi connectivity index (χ1n) is 8.68. The Bertz CT molecular complexity index is 1080. The zero-order chi connectivity index (χ0) is 18.8. The Balaban J connectivity index is 2.02. The fourth-order valence-electron chi connectivity index (χ4n) is 3.49. The van der Waals surface area contributed by atoms with Crippen molar-refractivity contribution in [3.8, 4) is 11.3 Å². The highest BCUT2D eigenvalue weighted by atomic mass is 79.9. The van der Waals surface area contributed by atoms with Crippen molar-refractivity contribution in [2.45, 2.75) is 5.92 Å². The molecule has 1 N–H and O–H groups in total. The minimum Gasteiger partial charge on any atom is -0.468 e. The van der Waals surface area contributed by atoms with Gasteiger partial charge in [0.2, 0.25) is 0 Å². The van der Waals surface area contributed by atoms with Gasteiger partial charge in [-0.3, -0.25) is 4.79 Å². The second kappa shape index (κ2) is 7.41. The van der Waals surface area contributed by atoms with Gasteiger partial charge in [0.05, 0.1) is 12.8 Å². The van der Waals surface area contributed by atoms with Crippen molar-refractivity contribution in [1.82, 2.24) is 4.98 Å². The average Bonchev–Trinajstić information content (AvgIpc) is 3.09. The van der Waals surface area contributed by atoms with Crippen LogP contribution < -0.4 is 0 Å². The summed E-state index contributed by atoms with van der Waals surface area (Å²) in [4.78, 5) is 16.4. The van der Waals surface area contributed by atoms with Crippen LogP contribution in [0.1, 0.15) is 17.0 Å². The first-order chi connectivity index (χ1) is 13.2. The third-order valence-electron chi connectivity index (χ3n) is 4.74. The van der Waals surface area contributed by atoms with Gasteiger partial charge in [-0.05, 0) is 29.3 Å². The van der Waals surface area contributed by atoms with Crippen molar-refractivity contribution in [3.05, 3.63) is 94.5 Å². The largest absolute Gasteiger partial charge is 0.468 e. The standard InChI is InChI=1S/C23H18BrNO2/c1-27-23(26)20(15-7-3-2-4-8-15)21-18-9-5-6-10-19(18)25-22(21)16-11-13-17(24)14-12-16/h2-14,20,25H,1H3. The summed E-state index contributed by atoms with van der Waals surface area (Å²) >= 11 is 3.49. The zero-order valence-electron chi connectivity index (χ0n) is 14.8. The molecule has 0 fully saturated rings. The highest BCUT2D eigenvalue weighted by Gasteiger charge is 2.29. The molecular weight excluding hydrogens is 402 g/mol. The van der Waals surface area contributed by atoms with Gasteiger partial charge in [0.15, 0.2) is 0 Å². The van der Waals surface area contributed by atoms with Crippen LogP contribution >= 0.6 is 15.9 Å². The molecule has 0 aliphatic rings. The van der Waals surface area contributed by atoms with Gasteiger partial charge in [0, 0.05) is 20.9 Å². The van der Waals surface area contributed by atoms with E-state index in [1.54, 1.807) is 0 Å². The molecule has 0 radical (unpaired) electrons. The number of methoxy groups -OCH3 is 1. The lowest BCUT2D eigenvalue weighted by Crippen LogP contribution is -2.16. The smallest absolute Gasteiger partial charge is 0.317 e. The Morgan fingerprint density at radius 2 is 1.59 bits per heavy atom. The van der Waals surface area contributed by atoms with Gasteiger partial charge in [-0.25, -0.2) is 0 Å². The number of nitrogens with one attached hydrogen (secondary N) is 1. The number of fused-ring (bicyclic) bond motifs is 1. The first-order valence-corrected chi connectivity index (χ1v) is 9.47. The van der Waals surface area contributed by atoms with Crippen molar-refractivity contribution in [3.63, 3.8) is 0 Å². The Kier molecular flexibility index (Phi) is 4.82. The molecule has 4 rings (SSSR count). The summed E-state index contributed by atoms with van der Waals surface area (Å²) in [6, 6.07) is 25.9. The lowest BCUT2D eigenvalue weighted by Gasteiger charge is -2.17. The van der Waals surface area contributed by atoms with Crippen molar-refractivity contribution in [2.24, 2.45) is 0 Å². The van der Waals surface area contributed by atoms with Gasteiger partial charge < -0.3 is 9.72 Å². The highest BCUT2D eigenvalue weighted by molar-refractivity contribution is 9.10. The van der Waals surface area contributed by atoms with E-state index in [1.165, 1.54) is 7.11 Å². The van der Waals surface area contributed by atoms with E-state index in [2.05, 4.69) is 20.9 Å². The number of esters is 1. The Morgan fingerprint density at radius 1 is 0.926 bits per heavy atom. The molecule has 1 heterocycles. The Labute approximate surface area is 166 Å². The second-order valence-corrected chi connectivity index (χ2v) is 7.25. The molecule has 1 aromatic heterocycles. The number of ether oxygens (including phenoxy) is 1. The summed E-state index contributed by atoms with van der Waals surface area (Å²) in [6.45, 7) is 0. The monoisotopic (exact) mass is 419 g/mol. The minimum absolute atomic E-state index is 0.274. The van der Waals surface area contributed by atoms with Gasteiger partial charge in [-0.15, -0.1) is 0 Å². The first kappa shape index (κ1) is 17.6. The van der Waals surface area contributed by atoms with E-state index in [4.69, 9.17) is 4.74 Å². The maximum absolute atomic E-state index is 12.8. The predicted molar refractivity (Wildman–Crippen MR) is 112 cm³/mol. The number of hydrogen-bond donors (Lipinski definition) is 1. The fourth-order valence-corrected chi connectivity index (χ4v) is 3.76. The molecule has 0 spiro atoms. The van der Waals surface area contributed by atoms with Crippen molar-refractivity contribution < 1.29 is 9.53 Å². The van der Waals surface area contributed by atoms with E-state index in [9.17, 15) is 4.79 Å². The number of carbonyl (C=O) groups excluding carboxylic acids is 1. The molecule has 4 aromatic rings. The third-order valence-corrected chi connectivity index (χ3v) is 5.27. The molecule has 0 aliphatic carbocycles. The SMILES string of the molecule is COC(=O)C(c1ccccc1)c1c(-c2ccc(Br)cc2)[nH]c2ccccc12. The number of halogens is 1. The van der Waals surface area contributed by atoms with Crippen LogP contribution in [-0.4, -0.2) is 18.1 Å². The predicted octanol–water partition coefficient (Wildman–Crippen LogP) is 5.90. The molecule has 0 saturated heterocycles. The average molecular weight is 420 g/mol. The molecule has 3 aromatic carbocycles. The Hall–Kier alpha value is -2.85. The molecule has 134 valence electrons. The number of rotatable bonds is 4. The quantitative estimate of drug-likeness (QED) is 0.418. The van der Waals surface area contributed by atoms with E-state index in [1.807, 2.05) is 78.9 Å². The summed E-state index contributed by atoms with van der Waals surface area (Å²) in [7, 11) is 1.44. The summed E-state index contributed by atoms with van der Waals surface area (Å²) in [5.74, 6) is -0.782. The summed E-state index contributed by atoms with van der Waals surface area (Å²) < 4.78 is 6.20. The molecule has 0 amide bonds. The maximum Gasteiger partial charge on any atom is 0.317 e. The van der Waals surface area contributed by atoms with Gasteiger partial charge in [0.1, 0.15) is 5.92 Å². The normalized spacial score (nSPS) is 12.1. The summed E-state index contributed by atoms with van der Waals surface area (Å²) in [5, 5.41) is 1.02. The number of H-pyrrole nitrogens is 1. The third kappa shape index (κ3) is 3.28. The van der Waals surface area contributed by atoms with Gasteiger partial charge in [-0.1, -0.05) is 76.6 Å². The molecule has 1 unspecified atom stereocenters. The number of para-hydroxylation sites is 1. The van der Waals surface area contributed by atoms with Crippen LogP contribution in [0.4, 0.5) is 0 Å². The highest BCUT2D eigenvalue weighted by Crippen LogP contribution is 2.39. The van der Waals surface area contributed by atoms with E-state index >= 15 is 0 Å². The van der Waals surface area contributed by atoms with E-state index in [-0.39, 0.29) is 5.97 Å². The number of benzene rings is 3. The molecule has 1 atom stereocenters. The molecular formula is C23H18BrNO2. The topological polar surface area (TPSA) is 42.1 Å². The lowest BCUT2D eigenvalue weighted by atomic mass is 9.87. The van der Waals surface area contributed by atoms with Crippen LogP contribution in [0.2, 0.25) is 0 Å². The zero-order valence-corrected chi connectivity index (χ0v) is 16.4.